The molecule has 0 saturated carbocycles. The van der Waals surface area contributed by atoms with E-state index in [0.29, 0.717) is 0 Å². The Labute approximate surface area is 128 Å². The number of nitrogens with one attached hydrogen (secondary N) is 2. The molecule has 4 nitrogen and oxygen atoms in total. The summed E-state index contributed by atoms with van der Waals surface area (Å²) in [5.74, 6) is 0.688. The molecule has 3 atom stereocenters. The van der Waals surface area contributed by atoms with Gasteiger partial charge in [-0.25, -0.2) is 0 Å². The van der Waals surface area contributed by atoms with Crippen LogP contribution in [0.15, 0.2) is 24.3 Å². The zero-order valence-corrected chi connectivity index (χ0v) is 13.8. The summed E-state index contributed by atoms with van der Waals surface area (Å²) in [6, 6.07) is 8.18. The lowest BCUT2D eigenvalue weighted by atomic mass is 10.1. The van der Waals surface area contributed by atoms with Crippen molar-refractivity contribution in [2.45, 2.75) is 58.7 Å². The Morgan fingerprint density at radius 3 is 2.52 bits per heavy atom. The number of hydrogen-bond donors (Lipinski definition) is 2. The van der Waals surface area contributed by atoms with Gasteiger partial charge in [-0.3, -0.25) is 4.79 Å². The third-order valence-corrected chi connectivity index (χ3v) is 3.60. The predicted molar refractivity (Wildman–Crippen MR) is 86.5 cm³/mol. The summed E-state index contributed by atoms with van der Waals surface area (Å²) in [6.07, 6.45) is 1.53. The van der Waals surface area contributed by atoms with E-state index >= 15 is 0 Å². The minimum atomic E-state index is -0.505. The predicted octanol–water partition coefficient (Wildman–Crippen LogP) is 3.04. The Morgan fingerprint density at radius 1 is 1.24 bits per heavy atom. The van der Waals surface area contributed by atoms with E-state index in [1.54, 1.807) is 6.92 Å². The number of ether oxygens (including phenoxy) is 1. The molecule has 0 radical (unpaired) electrons. The Bertz CT molecular complexity index is 448. The van der Waals surface area contributed by atoms with Crippen LogP contribution in [0.1, 0.15) is 52.1 Å². The number of hydrogen-bond acceptors (Lipinski definition) is 3. The average Bonchev–Trinajstić information content (AvgIpc) is 2.47. The molecule has 0 spiro atoms. The Hall–Kier alpha value is -1.55. The fourth-order valence-corrected chi connectivity index (χ4v) is 2.21. The SMILES string of the molecule is CCCC(C)NC(=O)C(C)Oc1ccccc1C(C)NC. The zero-order valence-electron chi connectivity index (χ0n) is 13.8. The van der Waals surface area contributed by atoms with Crippen LogP contribution in [0.2, 0.25) is 0 Å². The van der Waals surface area contributed by atoms with Crippen LogP contribution in [0.3, 0.4) is 0 Å². The highest BCUT2D eigenvalue weighted by molar-refractivity contribution is 5.81. The molecule has 21 heavy (non-hydrogen) atoms. The Balaban J connectivity index is 2.70. The van der Waals surface area contributed by atoms with Crippen LogP contribution in [0.25, 0.3) is 0 Å². The fourth-order valence-electron chi connectivity index (χ4n) is 2.21. The van der Waals surface area contributed by atoms with Gasteiger partial charge in [0.1, 0.15) is 5.75 Å². The Morgan fingerprint density at radius 2 is 1.90 bits per heavy atom. The summed E-state index contributed by atoms with van der Waals surface area (Å²) < 4.78 is 5.86. The summed E-state index contributed by atoms with van der Waals surface area (Å²) >= 11 is 0. The van der Waals surface area contributed by atoms with Gasteiger partial charge in [-0.1, -0.05) is 31.5 Å². The lowest BCUT2D eigenvalue weighted by Crippen LogP contribution is -2.41. The molecule has 1 rings (SSSR count). The lowest BCUT2D eigenvalue weighted by molar-refractivity contribution is -0.127. The summed E-state index contributed by atoms with van der Waals surface area (Å²) in [6.45, 7) is 7.98. The molecule has 0 fully saturated rings. The van der Waals surface area contributed by atoms with Crippen LogP contribution < -0.4 is 15.4 Å². The smallest absolute Gasteiger partial charge is 0.260 e. The van der Waals surface area contributed by atoms with Gasteiger partial charge in [-0.2, -0.15) is 0 Å². The van der Waals surface area contributed by atoms with Crippen LogP contribution in [0.5, 0.6) is 5.75 Å². The molecule has 1 amide bonds. The maximum Gasteiger partial charge on any atom is 0.260 e. The number of amides is 1. The van der Waals surface area contributed by atoms with Crippen LogP contribution in [0.4, 0.5) is 0 Å². The van der Waals surface area contributed by atoms with Gasteiger partial charge in [0, 0.05) is 17.6 Å². The molecule has 1 aromatic carbocycles. The van der Waals surface area contributed by atoms with Crippen molar-refractivity contribution in [1.29, 1.82) is 0 Å². The van der Waals surface area contributed by atoms with E-state index in [4.69, 9.17) is 4.74 Å². The average molecular weight is 292 g/mol. The largest absolute Gasteiger partial charge is 0.481 e. The van der Waals surface area contributed by atoms with Crippen LogP contribution in [0, 0.1) is 0 Å². The minimum absolute atomic E-state index is 0.0668. The number of carbonyl (C=O) groups is 1. The molecule has 4 heteroatoms. The second-order valence-corrected chi connectivity index (χ2v) is 5.51. The van der Waals surface area contributed by atoms with Crippen molar-refractivity contribution in [2.24, 2.45) is 0 Å². The van der Waals surface area contributed by atoms with Gasteiger partial charge in [0.25, 0.3) is 5.91 Å². The van der Waals surface area contributed by atoms with Crippen LogP contribution in [-0.2, 0) is 4.79 Å². The summed E-state index contributed by atoms with van der Waals surface area (Å²) in [5, 5.41) is 6.18. The van der Waals surface area contributed by atoms with E-state index in [-0.39, 0.29) is 18.0 Å². The minimum Gasteiger partial charge on any atom is -0.481 e. The normalized spacial score (nSPS) is 15.1. The number of benzene rings is 1. The van der Waals surface area contributed by atoms with Crippen molar-refractivity contribution >= 4 is 5.91 Å². The molecule has 2 N–H and O–H groups in total. The van der Waals surface area contributed by atoms with E-state index in [2.05, 4.69) is 24.5 Å². The highest BCUT2D eigenvalue weighted by Crippen LogP contribution is 2.25. The monoisotopic (exact) mass is 292 g/mol. The van der Waals surface area contributed by atoms with Crippen molar-refractivity contribution in [1.82, 2.24) is 10.6 Å². The second-order valence-electron chi connectivity index (χ2n) is 5.51. The molecule has 0 aliphatic rings. The summed E-state index contributed by atoms with van der Waals surface area (Å²) in [4.78, 5) is 12.1. The first-order chi connectivity index (χ1) is 9.99. The molecule has 0 aliphatic heterocycles. The van der Waals surface area contributed by atoms with Gasteiger partial charge in [-0.05, 0) is 40.3 Å². The van der Waals surface area contributed by atoms with Gasteiger partial charge in [0.2, 0.25) is 0 Å². The highest BCUT2D eigenvalue weighted by Gasteiger charge is 2.19. The first-order valence-electron chi connectivity index (χ1n) is 7.72. The molecule has 0 heterocycles. The van der Waals surface area contributed by atoms with Crippen molar-refractivity contribution in [3.8, 4) is 5.75 Å². The topological polar surface area (TPSA) is 50.4 Å². The van der Waals surface area contributed by atoms with Gasteiger partial charge < -0.3 is 15.4 Å². The number of para-hydroxylation sites is 1. The first-order valence-corrected chi connectivity index (χ1v) is 7.72. The van der Waals surface area contributed by atoms with E-state index in [9.17, 15) is 4.79 Å². The molecule has 0 aliphatic carbocycles. The molecular weight excluding hydrogens is 264 g/mol. The van der Waals surface area contributed by atoms with Gasteiger partial charge in [-0.15, -0.1) is 0 Å². The van der Waals surface area contributed by atoms with Crippen molar-refractivity contribution in [3.05, 3.63) is 29.8 Å². The molecule has 1 aromatic rings. The zero-order chi connectivity index (χ0) is 15.8. The standard InChI is InChI=1S/C17H28N2O2/c1-6-9-12(2)19-17(20)14(4)21-16-11-8-7-10-15(16)13(3)18-5/h7-8,10-14,18H,6,9H2,1-5H3,(H,19,20). The summed E-state index contributed by atoms with van der Waals surface area (Å²) in [5.41, 5.74) is 1.06. The van der Waals surface area contributed by atoms with Crippen molar-refractivity contribution in [2.75, 3.05) is 7.05 Å². The van der Waals surface area contributed by atoms with Crippen molar-refractivity contribution in [3.63, 3.8) is 0 Å². The third kappa shape index (κ3) is 5.38. The van der Waals surface area contributed by atoms with E-state index in [1.807, 2.05) is 38.2 Å². The van der Waals surface area contributed by atoms with Gasteiger partial charge >= 0.3 is 0 Å². The maximum absolute atomic E-state index is 12.1. The van der Waals surface area contributed by atoms with Gasteiger partial charge in [0.15, 0.2) is 6.10 Å². The van der Waals surface area contributed by atoms with E-state index < -0.39 is 6.10 Å². The second kappa shape index (κ2) is 8.67. The van der Waals surface area contributed by atoms with Crippen LogP contribution in [-0.4, -0.2) is 25.1 Å². The van der Waals surface area contributed by atoms with Crippen LogP contribution >= 0.6 is 0 Å². The maximum atomic E-state index is 12.1. The summed E-state index contributed by atoms with van der Waals surface area (Å²) in [7, 11) is 1.91. The quantitative estimate of drug-likeness (QED) is 0.774. The van der Waals surface area contributed by atoms with E-state index in [1.165, 1.54) is 0 Å². The molecule has 118 valence electrons. The number of rotatable bonds is 8. The highest BCUT2D eigenvalue weighted by atomic mass is 16.5. The first kappa shape index (κ1) is 17.5. The fraction of sp³-hybridized carbons (Fsp3) is 0.588. The molecule has 0 aromatic heterocycles. The van der Waals surface area contributed by atoms with Gasteiger partial charge in [0.05, 0.1) is 0 Å². The van der Waals surface area contributed by atoms with E-state index in [0.717, 1.165) is 24.2 Å². The number of carbonyl (C=O) groups excluding carboxylic acids is 1. The molecular formula is C17H28N2O2. The molecule has 0 saturated heterocycles. The molecule has 0 bridgehead atoms. The molecule has 3 unspecified atom stereocenters. The van der Waals surface area contributed by atoms with Crippen molar-refractivity contribution < 1.29 is 9.53 Å². The third-order valence-electron chi connectivity index (χ3n) is 3.60. The Kier molecular flexibility index (Phi) is 7.23. The lowest BCUT2D eigenvalue weighted by Gasteiger charge is -2.21.